The number of hydrogen-bond donors (Lipinski definition) is 0. The van der Waals surface area contributed by atoms with Gasteiger partial charge in [-0.25, -0.2) is 0 Å². The van der Waals surface area contributed by atoms with Crippen LogP contribution in [0.25, 0.3) is 6.08 Å². The number of amides is 1. The van der Waals surface area contributed by atoms with E-state index in [4.69, 9.17) is 0 Å². The fourth-order valence-corrected chi connectivity index (χ4v) is 4.25. The van der Waals surface area contributed by atoms with Gasteiger partial charge in [-0.15, -0.1) is 11.3 Å². The van der Waals surface area contributed by atoms with Crippen molar-refractivity contribution < 1.29 is 4.79 Å². The summed E-state index contributed by atoms with van der Waals surface area (Å²) < 4.78 is 1.08. The Bertz CT molecular complexity index is 760. The van der Waals surface area contributed by atoms with Gasteiger partial charge in [0.25, 0.3) is 0 Å². The van der Waals surface area contributed by atoms with Crippen LogP contribution in [-0.2, 0) is 4.79 Å². The van der Waals surface area contributed by atoms with Gasteiger partial charge >= 0.3 is 0 Å². The van der Waals surface area contributed by atoms with Crippen molar-refractivity contribution in [3.8, 4) is 0 Å². The monoisotopic (exact) mass is 404 g/mol. The minimum absolute atomic E-state index is 0.0973. The molecule has 1 fully saturated rings. The van der Waals surface area contributed by atoms with Crippen LogP contribution in [0.3, 0.4) is 0 Å². The van der Waals surface area contributed by atoms with Crippen LogP contribution < -0.4 is 4.90 Å². The Balaban J connectivity index is 1.59. The third-order valence-electron chi connectivity index (χ3n) is 4.49. The van der Waals surface area contributed by atoms with Crippen molar-refractivity contribution in [3.63, 3.8) is 0 Å². The SMILES string of the molecule is Cc1cccc(N2CCN(C(=O)/C=C/c3ccc(Br)s3)CC2)c1C. The molecule has 2 heterocycles. The van der Waals surface area contributed by atoms with E-state index in [9.17, 15) is 4.79 Å². The summed E-state index contributed by atoms with van der Waals surface area (Å²) in [4.78, 5) is 17.8. The molecule has 1 aliphatic heterocycles. The van der Waals surface area contributed by atoms with Crippen molar-refractivity contribution in [1.29, 1.82) is 0 Å². The Kier molecular flexibility index (Phi) is 5.41. The van der Waals surface area contributed by atoms with E-state index < -0.39 is 0 Å². The maximum absolute atomic E-state index is 12.4. The van der Waals surface area contributed by atoms with Crippen molar-refractivity contribution >= 4 is 44.9 Å². The molecule has 0 aliphatic carbocycles. The topological polar surface area (TPSA) is 23.6 Å². The van der Waals surface area contributed by atoms with Gasteiger partial charge < -0.3 is 9.80 Å². The number of hydrogen-bond acceptors (Lipinski definition) is 3. The second-order valence-electron chi connectivity index (χ2n) is 6.01. The van der Waals surface area contributed by atoms with Crippen LogP contribution in [0.1, 0.15) is 16.0 Å². The number of rotatable bonds is 3. The smallest absolute Gasteiger partial charge is 0.246 e. The zero-order valence-corrected chi connectivity index (χ0v) is 16.4. The highest BCUT2D eigenvalue weighted by molar-refractivity contribution is 9.11. The molecule has 24 heavy (non-hydrogen) atoms. The maximum Gasteiger partial charge on any atom is 0.246 e. The summed E-state index contributed by atoms with van der Waals surface area (Å²) in [6, 6.07) is 10.4. The molecule has 126 valence electrons. The minimum Gasteiger partial charge on any atom is -0.368 e. The molecule has 1 saturated heterocycles. The van der Waals surface area contributed by atoms with Crippen LogP contribution in [-0.4, -0.2) is 37.0 Å². The van der Waals surface area contributed by atoms with Gasteiger partial charge in [-0.05, 0) is 65.2 Å². The zero-order chi connectivity index (χ0) is 17.1. The van der Waals surface area contributed by atoms with Crippen LogP contribution in [0.2, 0.25) is 0 Å². The van der Waals surface area contributed by atoms with Crippen LogP contribution >= 0.6 is 27.3 Å². The van der Waals surface area contributed by atoms with Crippen molar-refractivity contribution in [2.45, 2.75) is 13.8 Å². The number of benzene rings is 1. The fraction of sp³-hybridized carbons (Fsp3) is 0.316. The molecule has 0 saturated carbocycles. The first-order valence-corrected chi connectivity index (χ1v) is 9.69. The summed E-state index contributed by atoms with van der Waals surface area (Å²) >= 11 is 5.07. The van der Waals surface area contributed by atoms with Gasteiger partial charge in [-0.1, -0.05) is 12.1 Å². The number of carbonyl (C=O) groups excluding carboxylic acids is 1. The molecule has 2 aromatic rings. The number of halogens is 1. The van der Waals surface area contributed by atoms with Gasteiger partial charge in [0.2, 0.25) is 5.91 Å². The van der Waals surface area contributed by atoms with Crippen molar-refractivity contribution in [1.82, 2.24) is 4.90 Å². The van der Waals surface area contributed by atoms with Gasteiger partial charge in [-0.3, -0.25) is 4.79 Å². The highest BCUT2D eigenvalue weighted by Crippen LogP contribution is 2.25. The number of anilines is 1. The molecule has 5 heteroatoms. The number of piperazine rings is 1. The van der Waals surface area contributed by atoms with E-state index in [1.165, 1.54) is 16.8 Å². The molecular weight excluding hydrogens is 384 g/mol. The summed E-state index contributed by atoms with van der Waals surface area (Å²) in [5.74, 6) is 0.0973. The Labute approximate surface area is 155 Å². The Morgan fingerprint density at radius 2 is 1.88 bits per heavy atom. The molecule has 0 atom stereocenters. The van der Waals surface area contributed by atoms with Gasteiger partial charge in [-0.2, -0.15) is 0 Å². The Morgan fingerprint density at radius 3 is 2.54 bits per heavy atom. The van der Waals surface area contributed by atoms with Crippen LogP contribution in [0.15, 0.2) is 40.2 Å². The lowest BCUT2D eigenvalue weighted by Crippen LogP contribution is -2.48. The molecular formula is C19H21BrN2OS. The molecule has 0 unspecified atom stereocenters. The lowest BCUT2D eigenvalue weighted by Gasteiger charge is -2.36. The van der Waals surface area contributed by atoms with E-state index in [1.54, 1.807) is 17.4 Å². The first-order valence-electron chi connectivity index (χ1n) is 8.08. The quantitative estimate of drug-likeness (QED) is 0.703. The lowest BCUT2D eigenvalue weighted by molar-refractivity contribution is -0.126. The second kappa shape index (κ2) is 7.53. The average Bonchev–Trinajstić information content (AvgIpc) is 3.01. The van der Waals surface area contributed by atoms with E-state index in [2.05, 4.69) is 52.9 Å². The largest absolute Gasteiger partial charge is 0.368 e. The third-order valence-corrected chi connectivity index (χ3v) is 6.08. The average molecular weight is 405 g/mol. The van der Waals surface area contributed by atoms with Crippen molar-refractivity contribution in [2.75, 3.05) is 31.1 Å². The van der Waals surface area contributed by atoms with Gasteiger partial charge in [0.05, 0.1) is 3.79 Å². The lowest BCUT2D eigenvalue weighted by atomic mass is 10.1. The maximum atomic E-state index is 12.4. The predicted molar refractivity (Wildman–Crippen MR) is 106 cm³/mol. The van der Waals surface area contributed by atoms with Gasteiger partial charge in [0, 0.05) is 42.8 Å². The van der Waals surface area contributed by atoms with Gasteiger partial charge in [0.1, 0.15) is 0 Å². The first kappa shape index (κ1) is 17.2. The molecule has 0 bridgehead atoms. The molecule has 3 rings (SSSR count). The molecule has 0 N–H and O–H groups in total. The normalized spacial score (nSPS) is 15.3. The van der Waals surface area contributed by atoms with E-state index in [-0.39, 0.29) is 5.91 Å². The second-order valence-corrected chi connectivity index (χ2v) is 8.50. The van der Waals surface area contributed by atoms with E-state index in [0.717, 1.165) is 34.8 Å². The Hall–Kier alpha value is -1.59. The summed E-state index contributed by atoms with van der Waals surface area (Å²) in [5, 5.41) is 0. The number of carbonyl (C=O) groups is 1. The predicted octanol–water partition coefficient (Wildman–Crippen LogP) is 4.49. The summed E-state index contributed by atoms with van der Waals surface area (Å²) in [7, 11) is 0. The summed E-state index contributed by atoms with van der Waals surface area (Å²) in [6.07, 6.45) is 3.58. The van der Waals surface area contributed by atoms with Crippen LogP contribution in [0.4, 0.5) is 5.69 Å². The van der Waals surface area contributed by atoms with Crippen molar-refractivity contribution in [2.24, 2.45) is 0 Å². The fourth-order valence-electron chi connectivity index (χ4n) is 2.92. The molecule has 1 aromatic carbocycles. The number of aryl methyl sites for hydroxylation is 1. The minimum atomic E-state index is 0.0973. The number of thiophene rings is 1. The summed E-state index contributed by atoms with van der Waals surface area (Å²) in [6.45, 7) is 7.62. The molecule has 1 aliphatic rings. The molecule has 0 radical (unpaired) electrons. The molecule has 1 amide bonds. The zero-order valence-electron chi connectivity index (χ0n) is 14.0. The summed E-state index contributed by atoms with van der Waals surface area (Å²) in [5.41, 5.74) is 3.94. The molecule has 1 aromatic heterocycles. The van der Waals surface area contributed by atoms with Crippen LogP contribution in [0.5, 0.6) is 0 Å². The van der Waals surface area contributed by atoms with Crippen LogP contribution in [0, 0.1) is 13.8 Å². The van der Waals surface area contributed by atoms with Crippen molar-refractivity contribution in [3.05, 3.63) is 56.2 Å². The third kappa shape index (κ3) is 3.90. The van der Waals surface area contributed by atoms with E-state index in [0.29, 0.717) is 0 Å². The highest BCUT2D eigenvalue weighted by Gasteiger charge is 2.21. The van der Waals surface area contributed by atoms with E-state index in [1.807, 2.05) is 23.1 Å². The number of nitrogens with zero attached hydrogens (tertiary/aromatic N) is 2. The van der Waals surface area contributed by atoms with Gasteiger partial charge in [0.15, 0.2) is 0 Å². The standard InChI is InChI=1S/C19H21BrN2OS/c1-14-4-3-5-17(15(14)2)21-10-12-22(13-11-21)19(23)9-7-16-6-8-18(20)24-16/h3-9H,10-13H2,1-2H3/b9-7+. The molecule has 3 nitrogen and oxygen atoms in total. The van der Waals surface area contributed by atoms with E-state index >= 15 is 0 Å². The molecule has 0 spiro atoms. The Morgan fingerprint density at radius 1 is 1.12 bits per heavy atom. The highest BCUT2D eigenvalue weighted by atomic mass is 79.9. The first-order chi connectivity index (χ1) is 11.5.